The number of halogens is 3. The molecule has 0 fully saturated rings. The van der Waals surface area contributed by atoms with Gasteiger partial charge in [-0.1, -0.05) is 11.6 Å². The Hall–Kier alpha value is -1.69. The molecule has 0 radical (unpaired) electrons. The number of rotatable bonds is 3. The summed E-state index contributed by atoms with van der Waals surface area (Å²) in [7, 11) is 3.06. The average Bonchev–Trinajstić information content (AvgIpc) is 2.30. The molecular weight excluding hydrogens is 266 g/mol. The van der Waals surface area contributed by atoms with E-state index < -0.39 is 12.3 Å². The minimum Gasteiger partial charge on any atom is -0.345 e. The molecule has 0 saturated heterocycles. The van der Waals surface area contributed by atoms with Gasteiger partial charge in [-0.2, -0.15) is 8.78 Å². The fraction of sp³-hybridized carbons (Fsp3) is 0.273. The van der Waals surface area contributed by atoms with E-state index in [4.69, 9.17) is 11.6 Å². The summed E-state index contributed by atoms with van der Waals surface area (Å²) in [5.41, 5.74) is 0.226. The molecule has 18 heavy (non-hydrogen) atoms. The summed E-state index contributed by atoms with van der Waals surface area (Å²) < 4.78 is 24.1. The molecule has 1 N–H and O–H groups in total. The van der Waals surface area contributed by atoms with Crippen molar-refractivity contribution in [1.29, 1.82) is 0 Å². The predicted octanol–water partition coefficient (Wildman–Crippen LogP) is 2.25. The summed E-state index contributed by atoms with van der Waals surface area (Å²) in [6, 6.07) is 3.96. The van der Waals surface area contributed by atoms with Gasteiger partial charge in [-0.25, -0.2) is 0 Å². The first kappa shape index (κ1) is 14.4. The fourth-order valence-corrected chi connectivity index (χ4v) is 1.40. The summed E-state index contributed by atoms with van der Waals surface area (Å²) in [4.78, 5) is 23.8. The Bertz CT molecular complexity index is 478. The number of amides is 2. The number of hydrogen-bond acceptors (Lipinski definition) is 2. The lowest BCUT2D eigenvalue weighted by Gasteiger charge is -2.13. The predicted molar refractivity (Wildman–Crippen MR) is 64.1 cm³/mol. The van der Waals surface area contributed by atoms with Crippen molar-refractivity contribution in [1.82, 2.24) is 4.90 Å². The van der Waals surface area contributed by atoms with Crippen LogP contribution in [0.15, 0.2) is 18.2 Å². The number of carbonyl (C=O) groups is 2. The molecule has 1 aromatic carbocycles. The Morgan fingerprint density at radius 2 is 1.94 bits per heavy atom. The van der Waals surface area contributed by atoms with E-state index in [1.165, 1.54) is 37.2 Å². The Labute approximate surface area is 108 Å². The maximum Gasteiger partial charge on any atom is 0.315 e. The first-order chi connectivity index (χ1) is 8.32. The Kier molecular flexibility index (Phi) is 4.61. The van der Waals surface area contributed by atoms with Crippen LogP contribution in [-0.2, 0) is 4.79 Å². The second kappa shape index (κ2) is 5.77. The maximum absolute atomic E-state index is 12.1. The van der Waals surface area contributed by atoms with Crippen LogP contribution in [0.5, 0.6) is 0 Å². The monoisotopic (exact) mass is 276 g/mol. The smallest absolute Gasteiger partial charge is 0.315 e. The van der Waals surface area contributed by atoms with Crippen LogP contribution in [0.4, 0.5) is 14.5 Å². The van der Waals surface area contributed by atoms with Crippen LogP contribution in [0.25, 0.3) is 0 Å². The summed E-state index contributed by atoms with van der Waals surface area (Å²) in [6.45, 7) is 0. The van der Waals surface area contributed by atoms with Gasteiger partial charge in [0, 0.05) is 19.8 Å². The van der Waals surface area contributed by atoms with Crippen molar-refractivity contribution in [2.75, 3.05) is 19.4 Å². The first-order valence-electron chi connectivity index (χ1n) is 4.93. The molecule has 0 unspecified atom stereocenters. The number of alkyl halides is 2. The Morgan fingerprint density at radius 3 is 2.44 bits per heavy atom. The minimum atomic E-state index is -3.12. The lowest BCUT2D eigenvalue weighted by molar-refractivity contribution is -0.126. The Balaban J connectivity index is 3.01. The maximum atomic E-state index is 12.1. The third kappa shape index (κ3) is 3.40. The van der Waals surface area contributed by atoms with E-state index in [2.05, 4.69) is 0 Å². The van der Waals surface area contributed by atoms with Crippen LogP contribution < -0.4 is 5.32 Å². The van der Waals surface area contributed by atoms with Gasteiger partial charge in [0.05, 0.1) is 10.6 Å². The van der Waals surface area contributed by atoms with Crippen LogP contribution in [0.2, 0.25) is 5.02 Å². The van der Waals surface area contributed by atoms with Crippen LogP contribution in [0.3, 0.4) is 0 Å². The van der Waals surface area contributed by atoms with Crippen molar-refractivity contribution >= 4 is 29.1 Å². The summed E-state index contributed by atoms with van der Waals surface area (Å²) in [6.07, 6.45) is -3.12. The molecular formula is C11H11ClF2N2O2. The van der Waals surface area contributed by atoms with Gasteiger partial charge in [0.2, 0.25) is 0 Å². The van der Waals surface area contributed by atoms with Gasteiger partial charge < -0.3 is 10.2 Å². The van der Waals surface area contributed by atoms with Gasteiger partial charge in [0.15, 0.2) is 0 Å². The molecule has 0 aliphatic heterocycles. The Morgan fingerprint density at radius 1 is 1.33 bits per heavy atom. The van der Waals surface area contributed by atoms with Gasteiger partial charge in [0.1, 0.15) is 0 Å². The number of carbonyl (C=O) groups excluding carboxylic acids is 2. The van der Waals surface area contributed by atoms with Crippen molar-refractivity contribution in [2.45, 2.75) is 6.43 Å². The second-order valence-electron chi connectivity index (χ2n) is 3.68. The highest BCUT2D eigenvalue weighted by Crippen LogP contribution is 2.22. The molecule has 2 amide bonds. The lowest BCUT2D eigenvalue weighted by Crippen LogP contribution is -2.23. The zero-order chi connectivity index (χ0) is 13.9. The quantitative estimate of drug-likeness (QED) is 0.920. The molecule has 0 bridgehead atoms. The average molecular weight is 277 g/mol. The van der Waals surface area contributed by atoms with Crippen molar-refractivity contribution in [3.05, 3.63) is 28.8 Å². The van der Waals surface area contributed by atoms with E-state index in [0.29, 0.717) is 0 Å². The van der Waals surface area contributed by atoms with E-state index in [9.17, 15) is 18.4 Å². The number of hydrogen-bond donors (Lipinski definition) is 1. The molecule has 0 aromatic heterocycles. The van der Waals surface area contributed by atoms with Crippen molar-refractivity contribution in [3.8, 4) is 0 Å². The van der Waals surface area contributed by atoms with E-state index >= 15 is 0 Å². The van der Waals surface area contributed by atoms with Crippen LogP contribution >= 0.6 is 11.6 Å². The van der Waals surface area contributed by atoms with Crippen LogP contribution in [-0.4, -0.2) is 37.2 Å². The molecule has 1 aromatic rings. The topological polar surface area (TPSA) is 49.4 Å². The van der Waals surface area contributed by atoms with E-state index in [0.717, 1.165) is 0 Å². The molecule has 7 heteroatoms. The normalized spacial score (nSPS) is 10.3. The van der Waals surface area contributed by atoms with Crippen molar-refractivity contribution in [2.24, 2.45) is 0 Å². The zero-order valence-electron chi connectivity index (χ0n) is 9.71. The minimum absolute atomic E-state index is 0.0925. The number of nitrogens with zero attached hydrogens (tertiary/aromatic N) is 1. The summed E-state index contributed by atoms with van der Waals surface area (Å²) >= 11 is 5.83. The molecule has 0 aliphatic carbocycles. The SMILES string of the molecule is CN(C)C(=O)c1cc(NC(=O)C(F)F)ccc1Cl. The van der Waals surface area contributed by atoms with E-state index in [-0.39, 0.29) is 22.2 Å². The summed E-state index contributed by atoms with van der Waals surface area (Å²) in [5, 5.41) is 2.17. The van der Waals surface area contributed by atoms with E-state index in [1.807, 2.05) is 5.32 Å². The molecule has 0 atom stereocenters. The van der Waals surface area contributed by atoms with E-state index in [1.54, 1.807) is 0 Å². The number of benzene rings is 1. The molecule has 0 aliphatic rings. The molecule has 0 saturated carbocycles. The number of nitrogens with one attached hydrogen (secondary N) is 1. The van der Waals surface area contributed by atoms with Gasteiger partial charge in [-0.05, 0) is 18.2 Å². The largest absolute Gasteiger partial charge is 0.345 e. The van der Waals surface area contributed by atoms with Crippen LogP contribution in [0.1, 0.15) is 10.4 Å². The molecule has 1 rings (SSSR count). The third-order valence-electron chi connectivity index (χ3n) is 2.07. The fourth-order valence-electron chi connectivity index (χ4n) is 1.20. The van der Waals surface area contributed by atoms with Crippen molar-refractivity contribution < 1.29 is 18.4 Å². The highest BCUT2D eigenvalue weighted by Gasteiger charge is 2.17. The van der Waals surface area contributed by atoms with Gasteiger partial charge in [-0.15, -0.1) is 0 Å². The van der Waals surface area contributed by atoms with Crippen LogP contribution in [0, 0.1) is 0 Å². The van der Waals surface area contributed by atoms with Gasteiger partial charge >= 0.3 is 6.43 Å². The highest BCUT2D eigenvalue weighted by molar-refractivity contribution is 6.34. The number of anilines is 1. The molecule has 0 heterocycles. The molecule has 0 spiro atoms. The van der Waals surface area contributed by atoms with Gasteiger partial charge in [0.25, 0.3) is 11.8 Å². The standard InChI is InChI=1S/C11H11ClF2N2O2/c1-16(2)11(18)7-5-6(3-4-8(7)12)15-10(17)9(13)14/h3-5,9H,1-2H3,(H,15,17). The highest BCUT2D eigenvalue weighted by atomic mass is 35.5. The lowest BCUT2D eigenvalue weighted by atomic mass is 10.1. The first-order valence-corrected chi connectivity index (χ1v) is 5.31. The molecule has 98 valence electrons. The molecule has 4 nitrogen and oxygen atoms in total. The zero-order valence-corrected chi connectivity index (χ0v) is 10.5. The second-order valence-corrected chi connectivity index (χ2v) is 4.09. The summed E-state index contributed by atoms with van der Waals surface area (Å²) in [5.74, 6) is -1.81. The van der Waals surface area contributed by atoms with Gasteiger partial charge in [-0.3, -0.25) is 9.59 Å². The van der Waals surface area contributed by atoms with Crippen molar-refractivity contribution in [3.63, 3.8) is 0 Å². The third-order valence-corrected chi connectivity index (χ3v) is 2.40.